The van der Waals surface area contributed by atoms with Crippen molar-refractivity contribution in [2.45, 2.75) is 45.8 Å². The number of sulfonamides is 1. The first-order valence-corrected chi connectivity index (χ1v) is 8.67. The van der Waals surface area contributed by atoms with E-state index in [9.17, 15) is 22.0 Å². The monoisotopic (exact) mass is 326 g/mol. The van der Waals surface area contributed by atoms with Crippen molar-refractivity contribution in [3.8, 4) is 0 Å². The number of halogens is 2. The molecule has 0 aromatic rings. The predicted molar refractivity (Wildman–Crippen MR) is 76.3 cm³/mol. The highest BCUT2D eigenvalue weighted by molar-refractivity contribution is 7.89. The second kappa shape index (κ2) is 7.00. The number of hydrogen-bond donors (Lipinski definition) is 1. The summed E-state index contributed by atoms with van der Waals surface area (Å²) in [7, 11) is -4.47. The Balaban J connectivity index is 2.43. The van der Waals surface area contributed by atoms with Crippen LogP contribution in [0.5, 0.6) is 0 Å². The molecule has 0 aromatic heterocycles. The molecule has 0 radical (unpaired) electrons. The number of nitrogens with zero attached hydrogens (tertiary/aromatic N) is 1. The lowest BCUT2D eigenvalue weighted by Gasteiger charge is -2.31. The molecular weight excluding hydrogens is 302 g/mol. The molecule has 0 saturated carbocycles. The van der Waals surface area contributed by atoms with Gasteiger partial charge in [-0.3, -0.25) is 4.79 Å². The van der Waals surface area contributed by atoms with E-state index in [0.717, 1.165) is 10.7 Å². The fourth-order valence-electron chi connectivity index (χ4n) is 2.12. The molecule has 1 saturated heterocycles. The van der Waals surface area contributed by atoms with Gasteiger partial charge >= 0.3 is 5.76 Å². The van der Waals surface area contributed by atoms with E-state index in [4.69, 9.17) is 0 Å². The molecule has 1 fully saturated rings. The molecule has 1 aliphatic heterocycles. The Morgan fingerprint density at radius 2 is 1.86 bits per heavy atom. The lowest BCUT2D eigenvalue weighted by Crippen LogP contribution is -2.45. The van der Waals surface area contributed by atoms with Gasteiger partial charge in [0.2, 0.25) is 5.91 Å². The first kappa shape index (κ1) is 18.3. The summed E-state index contributed by atoms with van der Waals surface area (Å²) in [5, 5.41) is 2.86. The summed E-state index contributed by atoms with van der Waals surface area (Å²) < 4.78 is 48.4. The first-order chi connectivity index (χ1) is 9.61. The molecule has 0 aliphatic carbocycles. The minimum absolute atomic E-state index is 0.0346. The number of hydrogen-bond acceptors (Lipinski definition) is 3. The third-order valence-corrected chi connectivity index (χ3v) is 5.74. The predicted octanol–water partition coefficient (Wildman–Crippen LogP) is 1.80. The molecule has 0 atom stereocenters. The second-order valence-corrected chi connectivity index (χ2v) is 8.00. The Bertz CT molecular complexity index is 458. The zero-order valence-electron chi connectivity index (χ0n) is 12.7. The van der Waals surface area contributed by atoms with Crippen molar-refractivity contribution in [2.75, 3.05) is 19.6 Å². The summed E-state index contributed by atoms with van der Waals surface area (Å²) >= 11 is 0. The van der Waals surface area contributed by atoms with Crippen molar-refractivity contribution in [1.29, 1.82) is 0 Å². The van der Waals surface area contributed by atoms with Gasteiger partial charge in [-0.1, -0.05) is 20.8 Å². The van der Waals surface area contributed by atoms with E-state index in [0.29, 0.717) is 19.4 Å². The molecule has 0 unspecified atom stereocenters. The van der Waals surface area contributed by atoms with Crippen LogP contribution in [0.3, 0.4) is 0 Å². The zero-order chi connectivity index (χ0) is 16.3. The molecule has 0 bridgehead atoms. The van der Waals surface area contributed by atoms with Gasteiger partial charge in [-0.25, -0.2) is 8.42 Å². The number of carbonyl (C=O) groups excluding carboxylic acids is 1. The fraction of sp³-hybridized carbons (Fsp3) is 0.923. The van der Waals surface area contributed by atoms with Crippen LogP contribution in [0.2, 0.25) is 0 Å². The molecule has 0 spiro atoms. The maximum atomic E-state index is 12.4. The van der Waals surface area contributed by atoms with Crippen LogP contribution in [0.15, 0.2) is 0 Å². The van der Waals surface area contributed by atoms with Crippen LogP contribution < -0.4 is 5.32 Å². The summed E-state index contributed by atoms with van der Waals surface area (Å²) in [4.78, 5) is 11.9. The van der Waals surface area contributed by atoms with Gasteiger partial charge < -0.3 is 5.32 Å². The van der Waals surface area contributed by atoms with E-state index >= 15 is 0 Å². The highest BCUT2D eigenvalue weighted by Crippen LogP contribution is 2.23. The molecule has 1 aliphatic rings. The van der Waals surface area contributed by atoms with Crippen molar-refractivity contribution < 1.29 is 22.0 Å². The number of carbonyl (C=O) groups is 1. The highest BCUT2D eigenvalue weighted by Gasteiger charge is 2.35. The number of amides is 1. The molecular formula is C13H24F2N2O3S. The number of rotatable bonds is 6. The lowest BCUT2D eigenvalue weighted by molar-refractivity contribution is -0.129. The van der Waals surface area contributed by atoms with Crippen molar-refractivity contribution in [2.24, 2.45) is 11.3 Å². The maximum Gasteiger partial charge on any atom is 0.350 e. The van der Waals surface area contributed by atoms with E-state index in [1.807, 2.05) is 20.8 Å². The summed E-state index contributed by atoms with van der Waals surface area (Å²) in [6.45, 7) is 6.30. The SMILES string of the molecule is CCC(C)(C)C(=O)NCC1CCN(S(=O)(=O)C(F)F)CC1. The molecule has 1 amide bonds. The lowest BCUT2D eigenvalue weighted by atomic mass is 9.88. The van der Waals surface area contributed by atoms with Gasteiger partial charge in [0.1, 0.15) is 0 Å². The molecule has 8 heteroatoms. The summed E-state index contributed by atoms with van der Waals surface area (Å²) in [5.41, 5.74) is -0.431. The largest absolute Gasteiger partial charge is 0.355 e. The molecule has 1 N–H and O–H groups in total. The minimum Gasteiger partial charge on any atom is -0.355 e. The van der Waals surface area contributed by atoms with Crippen molar-refractivity contribution >= 4 is 15.9 Å². The van der Waals surface area contributed by atoms with Crippen molar-refractivity contribution in [3.63, 3.8) is 0 Å². The van der Waals surface area contributed by atoms with Crippen LogP contribution in [0, 0.1) is 11.3 Å². The third-order valence-electron chi connectivity index (χ3n) is 4.21. The van der Waals surface area contributed by atoms with E-state index in [-0.39, 0.29) is 24.9 Å². The van der Waals surface area contributed by atoms with E-state index in [1.54, 1.807) is 0 Å². The highest BCUT2D eigenvalue weighted by atomic mass is 32.2. The minimum atomic E-state index is -4.47. The standard InChI is InChI=1S/C13H24F2N2O3S/c1-4-13(2,3)11(18)16-9-10-5-7-17(8-6-10)21(19,20)12(14)15/h10,12H,4-9H2,1-3H3,(H,16,18). The van der Waals surface area contributed by atoms with Crippen LogP contribution in [-0.2, 0) is 14.8 Å². The van der Waals surface area contributed by atoms with Crippen LogP contribution in [0.1, 0.15) is 40.0 Å². The van der Waals surface area contributed by atoms with Crippen molar-refractivity contribution in [1.82, 2.24) is 9.62 Å². The molecule has 0 aromatic carbocycles. The van der Waals surface area contributed by atoms with Gasteiger partial charge in [-0.2, -0.15) is 13.1 Å². The third kappa shape index (κ3) is 4.60. The maximum absolute atomic E-state index is 12.4. The van der Waals surface area contributed by atoms with Gasteiger partial charge in [-0.15, -0.1) is 0 Å². The average molecular weight is 326 g/mol. The zero-order valence-corrected chi connectivity index (χ0v) is 13.5. The topological polar surface area (TPSA) is 66.5 Å². The van der Waals surface area contributed by atoms with E-state index in [1.165, 1.54) is 0 Å². The second-order valence-electron chi connectivity index (χ2n) is 6.10. The van der Waals surface area contributed by atoms with Gasteiger partial charge in [0.15, 0.2) is 0 Å². The average Bonchev–Trinajstić information content (AvgIpc) is 2.44. The Morgan fingerprint density at radius 3 is 2.29 bits per heavy atom. The smallest absolute Gasteiger partial charge is 0.350 e. The van der Waals surface area contributed by atoms with E-state index < -0.39 is 21.2 Å². The van der Waals surface area contributed by atoms with Crippen molar-refractivity contribution in [3.05, 3.63) is 0 Å². The van der Waals surface area contributed by atoms with Crippen LogP contribution >= 0.6 is 0 Å². The first-order valence-electron chi connectivity index (χ1n) is 7.16. The fourth-order valence-corrected chi connectivity index (χ4v) is 3.06. The summed E-state index contributed by atoms with van der Waals surface area (Å²) in [6, 6.07) is 0. The molecule has 1 heterocycles. The molecule has 124 valence electrons. The summed E-state index contributed by atoms with van der Waals surface area (Å²) in [5.74, 6) is -3.27. The normalized spacial score (nSPS) is 19.0. The van der Waals surface area contributed by atoms with Gasteiger partial charge in [0.25, 0.3) is 10.0 Å². The number of piperidine rings is 1. The van der Waals surface area contributed by atoms with Gasteiger partial charge in [0.05, 0.1) is 0 Å². The number of alkyl halides is 2. The van der Waals surface area contributed by atoms with Gasteiger partial charge in [0, 0.05) is 25.0 Å². The molecule has 5 nitrogen and oxygen atoms in total. The Hall–Kier alpha value is -0.760. The van der Waals surface area contributed by atoms with Crippen LogP contribution in [-0.4, -0.2) is 44.0 Å². The van der Waals surface area contributed by atoms with Gasteiger partial charge in [-0.05, 0) is 25.2 Å². The Morgan fingerprint density at radius 1 is 1.33 bits per heavy atom. The Kier molecular flexibility index (Phi) is 6.10. The molecule has 1 rings (SSSR count). The Labute approximate surface area is 125 Å². The van der Waals surface area contributed by atoms with E-state index in [2.05, 4.69) is 5.32 Å². The van der Waals surface area contributed by atoms with Crippen LogP contribution in [0.4, 0.5) is 8.78 Å². The summed E-state index contributed by atoms with van der Waals surface area (Å²) in [6.07, 6.45) is 1.70. The van der Waals surface area contributed by atoms with Crippen LogP contribution in [0.25, 0.3) is 0 Å². The quantitative estimate of drug-likeness (QED) is 0.809. The number of nitrogens with one attached hydrogen (secondary N) is 1. The molecule has 21 heavy (non-hydrogen) atoms.